The third-order valence-electron chi connectivity index (χ3n) is 4.20. The van der Waals surface area contributed by atoms with Gasteiger partial charge in [-0.2, -0.15) is 0 Å². The van der Waals surface area contributed by atoms with Gasteiger partial charge in [-0.3, -0.25) is 4.90 Å². The first kappa shape index (κ1) is 15.3. The monoisotopic (exact) mass is 279 g/mol. The Kier molecular flexibility index (Phi) is 5.40. The molecule has 0 aromatic heterocycles. The van der Waals surface area contributed by atoms with Gasteiger partial charge in [0.05, 0.1) is 19.3 Å². The van der Waals surface area contributed by atoms with E-state index in [2.05, 4.69) is 4.90 Å². The molecular formula is C16H25NO3. The third-order valence-corrected chi connectivity index (χ3v) is 4.20. The maximum absolute atomic E-state index is 10.3. The Labute approximate surface area is 121 Å². The van der Waals surface area contributed by atoms with Crippen molar-refractivity contribution < 1.29 is 14.9 Å². The van der Waals surface area contributed by atoms with E-state index in [1.807, 2.05) is 31.3 Å². The zero-order valence-corrected chi connectivity index (χ0v) is 12.3. The molecule has 1 fully saturated rings. The maximum atomic E-state index is 10.3. The highest BCUT2D eigenvalue weighted by Gasteiger charge is 2.27. The summed E-state index contributed by atoms with van der Waals surface area (Å²) in [4.78, 5) is 2.08. The van der Waals surface area contributed by atoms with E-state index in [1.165, 1.54) is 0 Å². The number of aliphatic hydroxyl groups is 2. The van der Waals surface area contributed by atoms with Gasteiger partial charge in [0, 0.05) is 12.6 Å². The van der Waals surface area contributed by atoms with Crippen LogP contribution in [0.1, 0.15) is 37.4 Å². The van der Waals surface area contributed by atoms with Crippen molar-refractivity contribution >= 4 is 0 Å². The molecule has 112 valence electrons. The quantitative estimate of drug-likeness (QED) is 0.865. The lowest BCUT2D eigenvalue weighted by Crippen LogP contribution is -2.44. The predicted molar refractivity (Wildman–Crippen MR) is 78.8 cm³/mol. The SMILES string of the molecule is COc1cccc(C(O)CN(C)C2CCCCC2O)c1. The van der Waals surface area contributed by atoms with Gasteiger partial charge in [-0.05, 0) is 37.6 Å². The van der Waals surface area contributed by atoms with Gasteiger partial charge in [0.1, 0.15) is 5.75 Å². The van der Waals surface area contributed by atoms with Gasteiger partial charge in [0.15, 0.2) is 0 Å². The third kappa shape index (κ3) is 3.72. The molecule has 20 heavy (non-hydrogen) atoms. The summed E-state index contributed by atoms with van der Waals surface area (Å²) in [7, 11) is 3.60. The van der Waals surface area contributed by atoms with Gasteiger partial charge in [0.25, 0.3) is 0 Å². The number of rotatable bonds is 5. The zero-order chi connectivity index (χ0) is 14.5. The molecule has 0 spiro atoms. The Morgan fingerprint density at radius 3 is 2.80 bits per heavy atom. The second-order valence-corrected chi connectivity index (χ2v) is 5.65. The number of hydrogen-bond donors (Lipinski definition) is 2. The second-order valence-electron chi connectivity index (χ2n) is 5.65. The molecule has 4 nitrogen and oxygen atoms in total. The highest BCUT2D eigenvalue weighted by atomic mass is 16.5. The van der Waals surface area contributed by atoms with Crippen LogP contribution in [0.25, 0.3) is 0 Å². The van der Waals surface area contributed by atoms with E-state index in [1.54, 1.807) is 7.11 Å². The van der Waals surface area contributed by atoms with Crippen LogP contribution in [0.3, 0.4) is 0 Å². The van der Waals surface area contributed by atoms with Crippen LogP contribution in [-0.2, 0) is 0 Å². The molecule has 1 aromatic carbocycles. The Bertz CT molecular complexity index is 424. The van der Waals surface area contributed by atoms with Gasteiger partial charge in [-0.1, -0.05) is 25.0 Å². The minimum absolute atomic E-state index is 0.156. The lowest BCUT2D eigenvalue weighted by molar-refractivity contribution is 0.0109. The number of ether oxygens (including phenoxy) is 1. The molecule has 2 rings (SSSR count). The number of methoxy groups -OCH3 is 1. The first-order valence-electron chi connectivity index (χ1n) is 7.32. The van der Waals surface area contributed by atoms with Gasteiger partial charge in [-0.15, -0.1) is 0 Å². The van der Waals surface area contributed by atoms with E-state index >= 15 is 0 Å². The van der Waals surface area contributed by atoms with Crippen LogP contribution in [0.5, 0.6) is 5.75 Å². The largest absolute Gasteiger partial charge is 0.497 e. The first-order valence-corrected chi connectivity index (χ1v) is 7.32. The normalized spacial score (nSPS) is 24.6. The summed E-state index contributed by atoms with van der Waals surface area (Å²) in [6.45, 7) is 0.523. The van der Waals surface area contributed by atoms with Crippen LogP contribution in [0.2, 0.25) is 0 Å². The topological polar surface area (TPSA) is 52.9 Å². The van der Waals surface area contributed by atoms with E-state index in [9.17, 15) is 10.2 Å². The Morgan fingerprint density at radius 2 is 2.10 bits per heavy atom. The summed E-state index contributed by atoms with van der Waals surface area (Å²) in [5.41, 5.74) is 0.849. The highest BCUT2D eigenvalue weighted by Crippen LogP contribution is 2.25. The van der Waals surface area contributed by atoms with Crippen molar-refractivity contribution in [3.8, 4) is 5.75 Å². The Morgan fingerprint density at radius 1 is 1.35 bits per heavy atom. The smallest absolute Gasteiger partial charge is 0.119 e. The van der Waals surface area contributed by atoms with Gasteiger partial charge >= 0.3 is 0 Å². The molecule has 0 aliphatic heterocycles. The molecule has 1 aliphatic rings. The van der Waals surface area contributed by atoms with Crippen molar-refractivity contribution in [2.75, 3.05) is 20.7 Å². The molecule has 4 heteroatoms. The highest BCUT2D eigenvalue weighted by molar-refractivity contribution is 5.29. The van der Waals surface area contributed by atoms with Gasteiger partial charge in [0.2, 0.25) is 0 Å². The molecule has 3 unspecified atom stereocenters. The average Bonchev–Trinajstić information content (AvgIpc) is 2.47. The molecule has 0 amide bonds. The molecule has 0 bridgehead atoms. The molecule has 3 atom stereocenters. The molecular weight excluding hydrogens is 254 g/mol. The van der Waals surface area contributed by atoms with Crippen molar-refractivity contribution in [2.24, 2.45) is 0 Å². The van der Waals surface area contributed by atoms with Crippen molar-refractivity contribution in [2.45, 2.75) is 43.9 Å². The predicted octanol–water partition coefficient (Wildman–Crippen LogP) is 1.96. The van der Waals surface area contributed by atoms with Crippen molar-refractivity contribution in [3.63, 3.8) is 0 Å². The average molecular weight is 279 g/mol. The van der Waals surface area contributed by atoms with Crippen molar-refractivity contribution in [1.82, 2.24) is 4.90 Å². The fourth-order valence-electron chi connectivity index (χ4n) is 2.97. The minimum Gasteiger partial charge on any atom is -0.497 e. The van der Waals surface area contributed by atoms with Crippen LogP contribution in [0.4, 0.5) is 0 Å². The van der Waals surface area contributed by atoms with Crippen LogP contribution < -0.4 is 4.74 Å². The summed E-state index contributed by atoms with van der Waals surface area (Å²) in [5, 5.41) is 20.4. The molecule has 1 saturated carbocycles. The van der Waals surface area contributed by atoms with Crippen LogP contribution in [0, 0.1) is 0 Å². The van der Waals surface area contributed by atoms with E-state index in [0.717, 1.165) is 37.0 Å². The van der Waals surface area contributed by atoms with Crippen LogP contribution in [0.15, 0.2) is 24.3 Å². The van der Waals surface area contributed by atoms with E-state index in [4.69, 9.17) is 4.74 Å². The Balaban J connectivity index is 1.97. The Hall–Kier alpha value is -1.10. The number of likely N-dealkylation sites (N-methyl/N-ethyl adjacent to an activating group) is 1. The molecule has 0 radical (unpaired) electrons. The molecule has 1 aliphatic carbocycles. The molecule has 2 N–H and O–H groups in total. The zero-order valence-electron chi connectivity index (χ0n) is 12.3. The lowest BCUT2D eigenvalue weighted by atomic mass is 9.91. The van der Waals surface area contributed by atoms with E-state index < -0.39 is 6.10 Å². The molecule has 1 aromatic rings. The van der Waals surface area contributed by atoms with Crippen LogP contribution in [-0.4, -0.2) is 48.0 Å². The summed E-state index contributed by atoms with van der Waals surface area (Å²) < 4.78 is 5.18. The number of aliphatic hydroxyl groups excluding tert-OH is 2. The van der Waals surface area contributed by atoms with E-state index in [0.29, 0.717) is 6.54 Å². The van der Waals surface area contributed by atoms with Crippen molar-refractivity contribution in [1.29, 1.82) is 0 Å². The lowest BCUT2D eigenvalue weighted by Gasteiger charge is -2.36. The van der Waals surface area contributed by atoms with Gasteiger partial charge < -0.3 is 14.9 Å². The summed E-state index contributed by atoms with van der Waals surface area (Å²) in [5.74, 6) is 0.752. The van der Waals surface area contributed by atoms with Crippen LogP contribution >= 0.6 is 0 Å². The minimum atomic E-state index is -0.566. The standard InChI is InChI=1S/C16H25NO3/c1-17(14-8-3-4-9-15(14)18)11-16(19)12-6-5-7-13(10-12)20-2/h5-7,10,14-16,18-19H,3-4,8-9,11H2,1-2H3. The number of benzene rings is 1. The number of nitrogens with zero attached hydrogens (tertiary/aromatic N) is 1. The molecule has 0 saturated heterocycles. The fourth-order valence-corrected chi connectivity index (χ4v) is 2.97. The summed E-state index contributed by atoms with van der Waals surface area (Å²) in [6, 6.07) is 7.66. The number of hydrogen-bond acceptors (Lipinski definition) is 4. The molecule has 0 heterocycles. The maximum Gasteiger partial charge on any atom is 0.119 e. The summed E-state index contributed by atoms with van der Waals surface area (Å²) in [6.07, 6.45) is 3.29. The van der Waals surface area contributed by atoms with Gasteiger partial charge in [-0.25, -0.2) is 0 Å². The van der Waals surface area contributed by atoms with Crippen molar-refractivity contribution in [3.05, 3.63) is 29.8 Å². The first-order chi connectivity index (χ1) is 9.61. The van der Waals surface area contributed by atoms with E-state index in [-0.39, 0.29) is 12.1 Å². The summed E-state index contributed by atoms with van der Waals surface area (Å²) >= 11 is 0. The fraction of sp³-hybridized carbons (Fsp3) is 0.625. The second kappa shape index (κ2) is 7.07.